The number of carbonyl (C=O) groups is 1. The summed E-state index contributed by atoms with van der Waals surface area (Å²) in [7, 11) is 1.46. The molecule has 0 saturated heterocycles. The molecule has 1 fully saturated rings. The minimum Gasteiger partial charge on any atom is -0.497 e. The summed E-state index contributed by atoms with van der Waals surface area (Å²) in [6.07, 6.45) is -2.17. The van der Waals surface area contributed by atoms with E-state index in [9.17, 15) is 18.0 Å². The topological polar surface area (TPSA) is 56.2 Å². The van der Waals surface area contributed by atoms with Gasteiger partial charge in [-0.2, -0.15) is 18.3 Å². The van der Waals surface area contributed by atoms with E-state index in [0.29, 0.717) is 5.75 Å². The fourth-order valence-corrected chi connectivity index (χ4v) is 2.20. The van der Waals surface area contributed by atoms with Crippen molar-refractivity contribution in [3.05, 3.63) is 41.7 Å². The van der Waals surface area contributed by atoms with Crippen LogP contribution in [0, 0.1) is 0 Å². The van der Waals surface area contributed by atoms with Crippen LogP contribution < -0.4 is 10.1 Å². The Morgan fingerprint density at radius 2 is 1.96 bits per heavy atom. The van der Waals surface area contributed by atoms with Crippen LogP contribution in [0.5, 0.6) is 5.75 Å². The molecular formula is C15H14F3N3O2. The van der Waals surface area contributed by atoms with Crippen molar-refractivity contribution in [3.63, 3.8) is 0 Å². The summed E-state index contributed by atoms with van der Waals surface area (Å²) < 4.78 is 46.0. The zero-order valence-corrected chi connectivity index (χ0v) is 12.2. The van der Waals surface area contributed by atoms with Gasteiger partial charge < -0.3 is 10.1 Å². The van der Waals surface area contributed by atoms with Gasteiger partial charge in [0.1, 0.15) is 5.75 Å². The Balaban J connectivity index is 2.02. The lowest BCUT2D eigenvalue weighted by Gasteiger charge is -2.13. The molecule has 1 aromatic carbocycles. The van der Waals surface area contributed by atoms with E-state index in [0.717, 1.165) is 23.7 Å². The van der Waals surface area contributed by atoms with E-state index in [1.165, 1.54) is 31.4 Å². The van der Waals surface area contributed by atoms with E-state index < -0.39 is 23.3 Å². The number of halogens is 3. The van der Waals surface area contributed by atoms with E-state index >= 15 is 0 Å². The monoisotopic (exact) mass is 325 g/mol. The molecule has 0 bridgehead atoms. The number of benzene rings is 1. The number of alkyl halides is 3. The van der Waals surface area contributed by atoms with E-state index in [1.54, 1.807) is 0 Å². The summed E-state index contributed by atoms with van der Waals surface area (Å²) in [5, 5.41) is 6.31. The predicted molar refractivity (Wildman–Crippen MR) is 75.6 cm³/mol. The van der Waals surface area contributed by atoms with Crippen LogP contribution in [0.25, 0.3) is 5.69 Å². The van der Waals surface area contributed by atoms with Crippen LogP contribution >= 0.6 is 0 Å². The van der Waals surface area contributed by atoms with Gasteiger partial charge in [-0.15, -0.1) is 0 Å². The summed E-state index contributed by atoms with van der Waals surface area (Å²) in [4.78, 5) is 12.0. The highest BCUT2D eigenvalue weighted by Crippen LogP contribution is 2.34. The Bertz CT molecular complexity index is 719. The van der Waals surface area contributed by atoms with Gasteiger partial charge in [-0.25, -0.2) is 4.68 Å². The number of nitrogens with one attached hydrogen (secondary N) is 1. The van der Waals surface area contributed by atoms with Gasteiger partial charge in [-0.05, 0) is 37.1 Å². The van der Waals surface area contributed by atoms with E-state index in [2.05, 4.69) is 10.4 Å². The van der Waals surface area contributed by atoms with Gasteiger partial charge in [0.25, 0.3) is 5.91 Å². The molecule has 0 radical (unpaired) electrons. The number of amides is 1. The third-order valence-corrected chi connectivity index (χ3v) is 3.51. The molecule has 1 aliphatic carbocycles. The van der Waals surface area contributed by atoms with Crippen LogP contribution in [0.2, 0.25) is 0 Å². The number of methoxy groups -OCH3 is 1. The zero-order chi connectivity index (χ0) is 16.6. The molecule has 23 heavy (non-hydrogen) atoms. The molecule has 8 heteroatoms. The van der Waals surface area contributed by atoms with Gasteiger partial charge in [0.05, 0.1) is 24.6 Å². The number of ether oxygens (including phenoxy) is 1. The lowest BCUT2D eigenvalue weighted by atomic mass is 10.2. The van der Waals surface area contributed by atoms with Crippen molar-refractivity contribution in [3.8, 4) is 11.4 Å². The first-order valence-electron chi connectivity index (χ1n) is 7.00. The van der Waals surface area contributed by atoms with Gasteiger partial charge in [-0.3, -0.25) is 4.79 Å². The lowest BCUT2D eigenvalue weighted by Crippen LogP contribution is -2.28. The van der Waals surface area contributed by atoms with Crippen molar-refractivity contribution in [1.29, 1.82) is 0 Å². The highest BCUT2D eigenvalue weighted by Gasteiger charge is 2.41. The number of carbonyl (C=O) groups excluding carboxylic acids is 1. The van der Waals surface area contributed by atoms with Crippen LogP contribution in [0.1, 0.15) is 28.9 Å². The Morgan fingerprint density at radius 1 is 1.30 bits per heavy atom. The Morgan fingerprint density at radius 3 is 2.48 bits per heavy atom. The fraction of sp³-hybridized carbons (Fsp3) is 0.333. The van der Waals surface area contributed by atoms with E-state index in [4.69, 9.17) is 4.74 Å². The van der Waals surface area contributed by atoms with Gasteiger partial charge in [0, 0.05) is 6.04 Å². The molecule has 1 aromatic heterocycles. The smallest absolute Gasteiger partial charge is 0.434 e. The van der Waals surface area contributed by atoms with Crippen LogP contribution in [-0.2, 0) is 6.18 Å². The fourth-order valence-electron chi connectivity index (χ4n) is 2.20. The first-order chi connectivity index (χ1) is 10.9. The maximum Gasteiger partial charge on any atom is 0.434 e. The molecule has 1 saturated carbocycles. The third kappa shape index (κ3) is 3.15. The Hall–Kier alpha value is -2.51. The second kappa shape index (κ2) is 5.60. The summed E-state index contributed by atoms with van der Waals surface area (Å²) >= 11 is 0. The number of hydrogen-bond acceptors (Lipinski definition) is 3. The van der Waals surface area contributed by atoms with Crippen LogP contribution in [0.4, 0.5) is 13.2 Å². The summed E-state index contributed by atoms with van der Waals surface area (Å²) in [6, 6.07) is 5.92. The SMILES string of the molecule is COc1ccc(-n2ncc(C(=O)NC3CC3)c2C(F)(F)F)cc1. The van der Waals surface area contributed by atoms with Crippen LogP contribution in [0.3, 0.4) is 0 Å². The Labute approximate surface area is 130 Å². The molecular weight excluding hydrogens is 311 g/mol. The molecule has 5 nitrogen and oxygen atoms in total. The first-order valence-corrected chi connectivity index (χ1v) is 7.00. The average Bonchev–Trinajstić information content (AvgIpc) is 3.19. The van der Waals surface area contributed by atoms with Crippen molar-refractivity contribution in [2.24, 2.45) is 0 Å². The highest BCUT2D eigenvalue weighted by atomic mass is 19.4. The van der Waals surface area contributed by atoms with Crippen molar-refractivity contribution < 1.29 is 22.7 Å². The molecule has 1 aliphatic rings. The van der Waals surface area contributed by atoms with Crippen LogP contribution in [0.15, 0.2) is 30.5 Å². The number of hydrogen-bond donors (Lipinski definition) is 1. The molecule has 0 unspecified atom stereocenters. The third-order valence-electron chi connectivity index (χ3n) is 3.51. The van der Waals surface area contributed by atoms with Crippen molar-refractivity contribution in [2.75, 3.05) is 7.11 Å². The van der Waals surface area contributed by atoms with Crippen molar-refractivity contribution in [1.82, 2.24) is 15.1 Å². The van der Waals surface area contributed by atoms with Crippen LogP contribution in [-0.4, -0.2) is 28.8 Å². The van der Waals surface area contributed by atoms with Gasteiger partial charge in [0.15, 0.2) is 5.69 Å². The maximum atomic E-state index is 13.4. The number of rotatable bonds is 4. The molecule has 0 atom stereocenters. The number of aromatic nitrogens is 2. The molecule has 1 N–H and O–H groups in total. The highest BCUT2D eigenvalue weighted by molar-refractivity contribution is 5.95. The molecule has 3 rings (SSSR count). The minimum atomic E-state index is -4.70. The lowest BCUT2D eigenvalue weighted by molar-refractivity contribution is -0.143. The molecule has 0 spiro atoms. The van der Waals surface area contributed by atoms with Gasteiger partial charge >= 0.3 is 6.18 Å². The molecule has 0 aliphatic heterocycles. The van der Waals surface area contributed by atoms with Crippen molar-refractivity contribution in [2.45, 2.75) is 25.1 Å². The zero-order valence-electron chi connectivity index (χ0n) is 12.2. The predicted octanol–water partition coefficient (Wildman–Crippen LogP) is 2.79. The Kier molecular flexibility index (Phi) is 3.75. The normalized spacial score (nSPS) is 14.6. The van der Waals surface area contributed by atoms with E-state index in [1.807, 2.05) is 0 Å². The summed E-state index contributed by atoms with van der Waals surface area (Å²) in [5.74, 6) is -0.235. The molecule has 1 amide bonds. The quantitative estimate of drug-likeness (QED) is 0.940. The molecule has 1 heterocycles. The largest absolute Gasteiger partial charge is 0.497 e. The standard InChI is InChI=1S/C15H14F3N3O2/c1-23-11-6-4-10(5-7-11)21-13(15(16,17)18)12(8-19-21)14(22)20-9-2-3-9/h4-9H,2-3H2,1H3,(H,20,22). The van der Waals surface area contributed by atoms with Crippen molar-refractivity contribution >= 4 is 5.91 Å². The number of nitrogens with zero attached hydrogens (tertiary/aromatic N) is 2. The second-order valence-corrected chi connectivity index (χ2v) is 5.26. The minimum absolute atomic E-state index is 0.0343. The molecule has 122 valence electrons. The molecule has 2 aromatic rings. The van der Waals surface area contributed by atoms with Gasteiger partial charge in [-0.1, -0.05) is 0 Å². The second-order valence-electron chi connectivity index (χ2n) is 5.26. The summed E-state index contributed by atoms with van der Waals surface area (Å²) in [6.45, 7) is 0. The van der Waals surface area contributed by atoms with E-state index in [-0.39, 0.29) is 11.7 Å². The average molecular weight is 325 g/mol. The van der Waals surface area contributed by atoms with Gasteiger partial charge in [0.2, 0.25) is 0 Å². The maximum absolute atomic E-state index is 13.4. The summed E-state index contributed by atoms with van der Waals surface area (Å²) in [5.41, 5.74) is -1.36. The first kappa shape index (κ1) is 15.4.